The molecule has 0 nitrogen and oxygen atoms in total. The van der Waals surface area contributed by atoms with E-state index in [2.05, 4.69) is 85.8 Å². The van der Waals surface area contributed by atoms with Gasteiger partial charge in [0.05, 0.1) is 0 Å². The molecule has 0 fully saturated rings. The zero-order valence-electron chi connectivity index (χ0n) is 14.8. The van der Waals surface area contributed by atoms with E-state index in [1.165, 1.54) is 38.9 Å². The maximum atomic E-state index is 3.24. The first-order valence-corrected chi connectivity index (χ1v) is 8.25. The van der Waals surface area contributed by atoms with Crippen molar-refractivity contribution in [3.8, 4) is 0 Å². The first kappa shape index (κ1) is 27.0. The third-order valence-corrected chi connectivity index (χ3v) is 3.16. The molecule has 0 bridgehead atoms. The van der Waals surface area contributed by atoms with Crippen molar-refractivity contribution >= 4 is 28.6 Å². The minimum atomic E-state index is 0. The van der Waals surface area contributed by atoms with Gasteiger partial charge in [-0.15, -0.1) is 37.7 Å². The first-order chi connectivity index (χ1) is 9.42. The molecule has 124 valence electrons. The average molecular weight is 377 g/mol. The van der Waals surface area contributed by atoms with Crippen molar-refractivity contribution in [3.05, 3.63) is 46.6 Å². The zero-order chi connectivity index (χ0) is 15.5. The van der Waals surface area contributed by atoms with E-state index >= 15 is 0 Å². The molecular weight excluding hydrogens is 347 g/mol. The molecule has 0 saturated carbocycles. The summed E-state index contributed by atoms with van der Waals surface area (Å²) in [4.78, 5) is 0. The van der Waals surface area contributed by atoms with Gasteiger partial charge in [0, 0.05) is 0 Å². The van der Waals surface area contributed by atoms with Crippen LogP contribution in [0.4, 0.5) is 0 Å². The van der Waals surface area contributed by atoms with E-state index in [0.717, 1.165) is 12.8 Å². The Morgan fingerprint density at radius 1 is 0.909 bits per heavy atom. The third kappa shape index (κ3) is 12.6. The number of hydrogen-bond donors (Lipinski definition) is 0. The largest absolute Gasteiger partial charge is 0.147 e. The fourth-order valence-electron chi connectivity index (χ4n) is 2.01. The van der Waals surface area contributed by atoms with Gasteiger partial charge in [-0.25, -0.2) is 11.1 Å². The molecule has 0 spiro atoms. The molecule has 2 rings (SSSR count). The average Bonchev–Trinajstić information content (AvgIpc) is 2.97. The second kappa shape index (κ2) is 16.0. The number of allylic oxidation sites excluding steroid dienone is 8. The summed E-state index contributed by atoms with van der Waals surface area (Å²) in [7, 11) is 0. The van der Waals surface area contributed by atoms with Crippen LogP contribution < -0.4 is 0 Å². The molecule has 0 heterocycles. The molecule has 0 N–H and O–H groups in total. The monoisotopic (exact) mass is 376 g/mol. The molecule has 0 aromatic rings. The van der Waals surface area contributed by atoms with Crippen molar-refractivity contribution in [2.24, 2.45) is 0 Å². The van der Waals surface area contributed by atoms with Crippen LogP contribution in [0.15, 0.2) is 34.4 Å². The van der Waals surface area contributed by atoms with E-state index in [-0.39, 0.29) is 24.8 Å². The van der Waals surface area contributed by atoms with Gasteiger partial charge < -0.3 is 0 Å². The molecule has 0 aromatic heterocycles. The smallest absolute Gasteiger partial charge is 0.147 e. The van der Waals surface area contributed by atoms with E-state index in [9.17, 15) is 0 Å². The van der Waals surface area contributed by atoms with Crippen LogP contribution in [0.5, 0.6) is 0 Å². The molecule has 0 atom stereocenters. The Bertz CT molecular complexity index is 400. The second-order valence-electron chi connectivity index (χ2n) is 5.18. The maximum absolute atomic E-state index is 3.24. The summed E-state index contributed by atoms with van der Waals surface area (Å²) in [5.74, 6) is 0. The van der Waals surface area contributed by atoms with Crippen LogP contribution in [-0.4, -0.2) is 3.81 Å². The van der Waals surface area contributed by atoms with Crippen molar-refractivity contribution in [1.29, 1.82) is 0 Å². The van der Waals surface area contributed by atoms with Crippen LogP contribution in [0.2, 0.25) is 0 Å². The summed E-state index contributed by atoms with van der Waals surface area (Å²) in [6.45, 7) is 12.8. The van der Waals surface area contributed by atoms with Crippen LogP contribution >= 0.6 is 24.8 Å². The van der Waals surface area contributed by atoms with Crippen LogP contribution in [0, 0.1) is 12.2 Å². The predicted octanol–water partition coefficient (Wildman–Crippen LogP) is 6.54. The van der Waals surface area contributed by atoms with Gasteiger partial charge in [0.25, 0.3) is 0 Å². The Balaban J connectivity index is -0.000000249. The molecule has 3 heteroatoms. The molecular formula is C19H30Cl2Ti. The van der Waals surface area contributed by atoms with Gasteiger partial charge >= 0.3 is 37.6 Å². The van der Waals surface area contributed by atoms with E-state index in [1.807, 2.05) is 0 Å². The maximum Gasteiger partial charge on any atom is -0.147 e. The first-order valence-electron chi connectivity index (χ1n) is 7.47. The zero-order valence-corrected chi connectivity index (χ0v) is 18.0. The number of rotatable bonds is 2. The van der Waals surface area contributed by atoms with Crippen molar-refractivity contribution < 1.29 is 20.0 Å². The normalized spacial score (nSPS) is 14.5. The molecule has 0 radical (unpaired) electrons. The SMILES string of the molecule is CCC1=CC[C-]=C1C.CCC1=CC[C-]=C1C.C[C](C)=[Ti+2].Cl.Cl. The summed E-state index contributed by atoms with van der Waals surface area (Å²) in [6.07, 6.45) is 15.4. The van der Waals surface area contributed by atoms with Crippen LogP contribution in [-0.2, 0) is 20.0 Å². The van der Waals surface area contributed by atoms with Gasteiger partial charge in [-0.2, -0.15) is 23.3 Å². The van der Waals surface area contributed by atoms with E-state index in [0.29, 0.717) is 0 Å². The van der Waals surface area contributed by atoms with Gasteiger partial charge in [0.15, 0.2) is 0 Å². The van der Waals surface area contributed by atoms with Crippen LogP contribution in [0.1, 0.15) is 67.2 Å². The predicted molar refractivity (Wildman–Crippen MR) is 102 cm³/mol. The Kier molecular flexibility index (Phi) is 19.6. The minimum absolute atomic E-state index is 0. The summed E-state index contributed by atoms with van der Waals surface area (Å²) in [5, 5.41) is 0. The van der Waals surface area contributed by atoms with Crippen LogP contribution in [0.25, 0.3) is 0 Å². The summed E-state index contributed by atoms with van der Waals surface area (Å²) < 4.78 is 1.42. The van der Waals surface area contributed by atoms with Gasteiger partial charge in [-0.05, 0) is 0 Å². The Hall–Kier alpha value is 0.124. The molecule has 2 aliphatic rings. The van der Waals surface area contributed by atoms with E-state index < -0.39 is 0 Å². The number of halogens is 2. The standard InChI is InChI=1S/2C8H11.C3H6.2ClH.Ti/c2*1-3-8-6-4-5-7(8)2;1-3-2;;;/h2*6H,3-4H2,1-2H3;1-2H3;2*1H;/q2*-1;;;;+2. The number of hydrogen-bond acceptors (Lipinski definition) is 0. The molecule has 0 unspecified atom stereocenters. The Morgan fingerprint density at radius 2 is 1.18 bits per heavy atom. The summed E-state index contributed by atoms with van der Waals surface area (Å²) >= 11 is 2.08. The molecule has 0 aliphatic heterocycles. The van der Waals surface area contributed by atoms with Crippen molar-refractivity contribution in [3.63, 3.8) is 0 Å². The van der Waals surface area contributed by atoms with Gasteiger partial charge in [0.1, 0.15) is 0 Å². The fourth-order valence-corrected chi connectivity index (χ4v) is 2.01. The molecule has 2 aliphatic carbocycles. The molecule has 0 amide bonds. The van der Waals surface area contributed by atoms with Crippen molar-refractivity contribution in [2.45, 2.75) is 67.2 Å². The Labute approximate surface area is 162 Å². The van der Waals surface area contributed by atoms with Gasteiger partial charge in [-0.3, -0.25) is 12.2 Å². The second-order valence-corrected chi connectivity index (χ2v) is 6.74. The summed E-state index contributed by atoms with van der Waals surface area (Å²) in [6, 6.07) is 0. The van der Waals surface area contributed by atoms with Crippen molar-refractivity contribution in [1.82, 2.24) is 0 Å². The Morgan fingerprint density at radius 3 is 1.27 bits per heavy atom. The van der Waals surface area contributed by atoms with Gasteiger partial charge in [-0.1, -0.05) is 40.5 Å². The third-order valence-electron chi connectivity index (χ3n) is 3.16. The fraction of sp³-hybridized carbons (Fsp3) is 0.526. The summed E-state index contributed by atoms with van der Waals surface area (Å²) in [5.41, 5.74) is 5.66. The molecule has 0 saturated heterocycles. The van der Waals surface area contributed by atoms with Gasteiger partial charge in [0.2, 0.25) is 0 Å². The minimum Gasteiger partial charge on any atom is -0.147 e. The molecule has 0 aromatic carbocycles. The van der Waals surface area contributed by atoms with Crippen LogP contribution in [0.3, 0.4) is 0 Å². The van der Waals surface area contributed by atoms with Crippen molar-refractivity contribution in [2.75, 3.05) is 0 Å². The molecule has 22 heavy (non-hydrogen) atoms. The van der Waals surface area contributed by atoms with E-state index in [4.69, 9.17) is 0 Å². The van der Waals surface area contributed by atoms with E-state index in [1.54, 1.807) is 0 Å². The topological polar surface area (TPSA) is 0 Å². The quantitative estimate of drug-likeness (QED) is 0.379.